The van der Waals surface area contributed by atoms with Crippen LogP contribution >= 0.6 is 0 Å². The van der Waals surface area contributed by atoms with Crippen molar-refractivity contribution in [3.8, 4) is 0 Å². The highest BCUT2D eigenvalue weighted by Crippen LogP contribution is 2.23. The van der Waals surface area contributed by atoms with Gasteiger partial charge in [-0.1, -0.05) is 43.7 Å². The summed E-state index contributed by atoms with van der Waals surface area (Å²) in [7, 11) is 0. The van der Waals surface area contributed by atoms with Crippen LogP contribution in [0.5, 0.6) is 0 Å². The van der Waals surface area contributed by atoms with E-state index in [9.17, 15) is 4.79 Å². The van der Waals surface area contributed by atoms with Crippen LogP contribution in [0.1, 0.15) is 44.4 Å². The minimum Gasteiger partial charge on any atom is -0.465 e. The quantitative estimate of drug-likeness (QED) is 0.707. The summed E-state index contributed by atoms with van der Waals surface area (Å²) in [6, 6.07) is 7.85. The molecule has 1 unspecified atom stereocenters. The van der Waals surface area contributed by atoms with Gasteiger partial charge in [0.2, 0.25) is 0 Å². The fraction of sp³-hybridized carbons (Fsp3) is 0.562. The normalized spacial score (nSPS) is 12.5. The average molecular weight is 263 g/mol. The molecule has 1 aromatic rings. The van der Waals surface area contributed by atoms with Gasteiger partial charge >= 0.3 is 5.97 Å². The van der Waals surface area contributed by atoms with Gasteiger partial charge in [0.15, 0.2) is 0 Å². The number of aryl methyl sites for hydroxylation is 1. The van der Waals surface area contributed by atoms with Gasteiger partial charge in [-0.15, -0.1) is 0 Å². The first kappa shape index (κ1) is 15.7. The smallest absolute Gasteiger partial charge is 0.327 e. The van der Waals surface area contributed by atoms with E-state index in [2.05, 4.69) is 18.7 Å². The molecule has 0 radical (unpaired) electrons. The maximum absolute atomic E-state index is 12.2. The SMILES string of the molecule is CCCN(CC)C(C(=O)OCC)c1ccc(C)cc1. The molecule has 0 amide bonds. The van der Waals surface area contributed by atoms with Crippen LogP contribution in [0.4, 0.5) is 0 Å². The first-order chi connectivity index (χ1) is 9.13. The molecule has 1 atom stereocenters. The number of esters is 1. The van der Waals surface area contributed by atoms with Crippen LogP contribution in [0, 0.1) is 6.92 Å². The Labute approximate surface area is 116 Å². The number of carbonyl (C=O) groups excluding carboxylic acids is 1. The largest absolute Gasteiger partial charge is 0.465 e. The first-order valence-electron chi connectivity index (χ1n) is 7.11. The van der Waals surface area contributed by atoms with Gasteiger partial charge < -0.3 is 4.74 Å². The average Bonchev–Trinajstić information content (AvgIpc) is 2.40. The highest BCUT2D eigenvalue weighted by Gasteiger charge is 2.27. The van der Waals surface area contributed by atoms with Crippen LogP contribution in [0.25, 0.3) is 0 Å². The Morgan fingerprint density at radius 2 is 1.84 bits per heavy atom. The predicted molar refractivity (Wildman–Crippen MR) is 78.1 cm³/mol. The Morgan fingerprint density at radius 1 is 1.21 bits per heavy atom. The van der Waals surface area contributed by atoms with Gasteiger partial charge in [-0.05, 0) is 38.9 Å². The Morgan fingerprint density at radius 3 is 2.32 bits per heavy atom. The lowest BCUT2D eigenvalue weighted by molar-refractivity contribution is -0.149. The molecular weight excluding hydrogens is 238 g/mol. The number of hydrogen-bond donors (Lipinski definition) is 0. The summed E-state index contributed by atoms with van der Waals surface area (Å²) in [5.41, 5.74) is 2.21. The lowest BCUT2D eigenvalue weighted by Gasteiger charge is -2.29. The number of likely N-dealkylation sites (N-methyl/N-ethyl adjacent to an activating group) is 1. The van der Waals surface area contributed by atoms with Crippen LogP contribution in [-0.4, -0.2) is 30.6 Å². The highest BCUT2D eigenvalue weighted by molar-refractivity contribution is 5.77. The van der Waals surface area contributed by atoms with E-state index in [0.717, 1.165) is 25.1 Å². The Kier molecular flexibility index (Phi) is 6.57. The second-order valence-corrected chi connectivity index (χ2v) is 4.69. The van der Waals surface area contributed by atoms with Crippen LogP contribution < -0.4 is 0 Å². The zero-order valence-electron chi connectivity index (χ0n) is 12.5. The van der Waals surface area contributed by atoms with Gasteiger partial charge in [0, 0.05) is 0 Å². The van der Waals surface area contributed by atoms with Crippen LogP contribution in [-0.2, 0) is 9.53 Å². The van der Waals surface area contributed by atoms with E-state index in [4.69, 9.17) is 4.74 Å². The molecule has 106 valence electrons. The number of hydrogen-bond acceptors (Lipinski definition) is 3. The molecule has 0 bridgehead atoms. The summed E-state index contributed by atoms with van der Waals surface area (Å²) in [5, 5.41) is 0. The van der Waals surface area contributed by atoms with E-state index in [0.29, 0.717) is 6.61 Å². The number of benzene rings is 1. The van der Waals surface area contributed by atoms with E-state index >= 15 is 0 Å². The summed E-state index contributed by atoms with van der Waals surface area (Å²) in [6.45, 7) is 10.3. The molecule has 0 N–H and O–H groups in total. The second-order valence-electron chi connectivity index (χ2n) is 4.69. The predicted octanol–water partition coefficient (Wildman–Crippen LogP) is 3.33. The third-order valence-corrected chi connectivity index (χ3v) is 3.19. The van der Waals surface area contributed by atoms with Gasteiger partial charge in [0.25, 0.3) is 0 Å². The van der Waals surface area contributed by atoms with Crippen LogP contribution in [0.2, 0.25) is 0 Å². The number of nitrogens with zero attached hydrogens (tertiary/aromatic N) is 1. The van der Waals surface area contributed by atoms with Crippen LogP contribution in [0.3, 0.4) is 0 Å². The summed E-state index contributed by atoms with van der Waals surface area (Å²) < 4.78 is 5.24. The zero-order chi connectivity index (χ0) is 14.3. The van der Waals surface area contributed by atoms with Gasteiger partial charge in [-0.3, -0.25) is 4.90 Å². The van der Waals surface area contributed by atoms with Gasteiger partial charge in [0.05, 0.1) is 6.61 Å². The van der Waals surface area contributed by atoms with Crippen molar-refractivity contribution in [2.24, 2.45) is 0 Å². The maximum atomic E-state index is 12.2. The molecule has 3 heteroatoms. The fourth-order valence-corrected chi connectivity index (χ4v) is 2.22. The molecule has 0 fully saturated rings. The van der Waals surface area contributed by atoms with Gasteiger partial charge in [-0.25, -0.2) is 4.79 Å². The van der Waals surface area contributed by atoms with Crippen molar-refractivity contribution in [3.05, 3.63) is 35.4 Å². The third kappa shape index (κ3) is 4.35. The Bertz CT molecular complexity index is 386. The van der Waals surface area contributed by atoms with Crippen molar-refractivity contribution >= 4 is 5.97 Å². The van der Waals surface area contributed by atoms with Gasteiger partial charge in [0.1, 0.15) is 6.04 Å². The Hall–Kier alpha value is -1.35. The molecule has 3 nitrogen and oxygen atoms in total. The summed E-state index contributed by atoms with van der Waals surface area (Å²) in [5.74, 6) is -0.151. The lowest BCUT2D eigenvalue weighted by atomic mass is 10.0. The number of rotatable bonds is 7. The second kappa shape index (κ2) is 7.95. The minimum absolute atomic E-state index is 0.151. The molecule has 0 spiro atoms. The molecule has 1 rings (SSSR count). The lowest BCUT2D eigenvalue weighted by Crippen LogP contribution is -2.35. The molecular formula is C16H25NO2. The third-order valence-electron chi connectivity index (χ3n) is 3.19. The molecule has 0 saturated heterocycles. The fourth-order valence-electron chi connectivity index (χ4n) is 2.22. The standard InChI is InChI=1S/C16H25NO2/c1-5-12-17(6-2)15(16(18)19-7-3)14-10-8-13(4)9-11-14/h8-11,15H,5-7,12H2,1-4H3. The monoisotopic (exact) mass is 263 g/mol. The van der Waals surface area contributed by atoms with Crippen LogP contribution in [0.15, 0.2) is 24.3 Å². The summed E-state index contributed by atoms with van der Waals surface area (Å²) in [4.78, 5) is 14.4. The van der Waals surface area contributed by atoms with Gasteiger partial charge in [-0.2, -0.15) is 0 Å². The molecule has 0 saturated carbocycles. The van der Waals surface area contributed by atoms with Crippen molar-refractivity contribution in [2.45, 2.75) is 40.2 Å². The number of carbonyl (C=O) groups is 1. The van der Waals surface area contributed by atoms with E-state index in [1.165, 1.54) is 5.56 Å². The molecule has 0 aliphatic carbocycles. The summed E-state index contributed by atoms with van der Waals surface area (Å²) >= 11 is 0. The first-order valence-corrected chi connectivity index (χ1v) is 7.11. The zero-order valence-corrected chi connectivity index (χ0v) is 12.5. The van der Waals surface area contributed by atoms with Crippen molar-refractivity contribution < 1.29 is 9.53 Å². The molecule has 19 heavy (non-hydrogen) atoms. The van der Waals surface area contributed by atoms with Crippen molar-refractivity contribution in [3.63, 3.8) is 0 Å². The van der Waals surface area contributed by atoms with Crippen molar-refractivity contribution in [1.82, 2.24) is 4.90 Å². The maximum Gasteiger partial charge on any atom is 0.327 e. The van der Waals surface area contributed by atoms with E-state index in [-0.39, 0.29) is 12.0 Å². The molecule has 0 aliphatic rings. The Balaban J connectivity index is 3.03. The number of ether oxygens (including phenoxy) is 1. The molecule has 1 aromatic carbocycles. The topological polar surface area (TPSA) is 29.5 Å². The highest BCUT2D eigenvalue weighted by atomic mass is 16.5. The van der Waals surface area contributed by atoms with E-state index < -0.39 is 0 Å². The minimum atomic E-state index is -0.287. The molecule has 0 heterocycles. The van der Waals surface area contributed by atoms with Crippen molar-refractivity contribution in [1.29, 1.82) is 0 Å². The summed E-state index contributed by atoms with van der Waals surface area (Å²) in [6.07, 6.45) is 1.02. The van der Waals surface area contributed by atoms with Crippen molar-refractivity contribution in [2.75, 3.05) is 19.7 Å². The van der Waals surface area contributed by atoms with E-state index in [1.54, 1.807) is 0 Å². The van der Waals surface area contributed by atoms with E-state index in [1.807, 2.05) is 38.1 Å². The molecule has 0 aromatic heterocycles. The molecule has 0 aliphatic heterocycles.